The van der Waals surface area contributed by atoms with Crippen LogP contribution >= 0.6 is 0 Å². The molecule has 1 amide bonds. The molecular weight excluding hydrogens is 416 g/mol. The summed E-state index contributed by atoms with van der Waals surface area (Å²) in [6.45, 7) is 1.18. The molecule has 4 N–H and O–H groups in total. The molecule has 4 aromatic rings. The van der Waals surface area contributed by atoms with Crippen molar-refractivity contribution in [1.29, 1.82) is 0 Å². The molecule has 0 radical (unpaired) electrons. The maximum atomic E-state index is 12.1. The first-order valence-electron chi connectivity index (χ1n) is 10.4. The lowest BCUT2D eigenvalue weighted by Gasteiger charge is -2.26. The van der Waals surface area contributed by atoms with Gasteiger partial charge in [-0.3, -0.25) is 5.32 Å². The fourth-order valence-electron chi connectivity index (χ4n) is 3.29. The van der Waals surface area contributed by atoms with E-state index >= 15 is 0 Å². The van der Waals surface area contributed by atoms with Crippen LogP contribution in [0.3, 0.4) is 0 Å². The zero-order valence-corrected chi connectivity index (χ0v) is 17.9. The van der Waals surface area contributed by atoms with Crippen molar-refractivity contribution in [3.05, 3.63) is 108 Å². The number of nitrogens with zero attached hydrogens (tertiary/aromatic N) is 3. The van der Waals surface area contributed by atoms with Crippen LogP contribution in [0.4, 0.5) is 27.8 Å². The van der Waals surface area contributed by atoms with Crippen molar-refractivity contribution in [3.63, 3.8) is 0 Å². The average molecular weight is 441 g/mol. The number of carbonyl (C=O) groups excluding carboxylic acids is 1. The van der Waals surface area contributed by atoms with E-state index in [1.54, 1.807) is 12.1 Å². The minimum Gasteiger partial charge on any atom is -0.393 e. The fraction of sp³-hybridized carbons (Fsp3) is 0.0800. The molecule has 33 heavy (non-hydrogen) atoms. The van der Waals surface area contributed by atoms with E-state index in [2.05, 4.69) is 25.7 Å². The molecule has 8 heteroatoms. The van der Waals surface area contributed by atoms with Crippen LogP contribution in [0.5, 0.6) is 0 Å². The average Bonchev–Trinajstić information content (AvgIpc) is 2.85. The summed E-state index contributed by atoms with van der Waals surface area (Å²) >= 11 is 0. The van der Waals surface area contributed by atoms with E-state index in [9.17, 15) is 4.79 Å². The maximum absolute atomic E-state index is 12.1. The molecule has 0 atom stereocenters. The standard InChI is InChI=1S/C25H24N6O2/c26-22-23(30-33-25(32)29-21-14-8-3-9-15-21)27-18-28-24(22)31(16-19-10-4-1-5-11-19)17-20-12-6-2-7-13-20/h1-15,18H,16-17,26H2,(H,29,32)(H,27,28,30). The number of hydrogen-bond donors (Lipinski definition) is 3. The van der Waals surface area contributed by atoms with Gasteiger partial charge in [-0.05, 0) is 23.3 Å². The van der Waals surface area contributed by atoms with E-state index in [0.717, 1.165) is 11.1 Å². The third-order valence-corrected chi connectivity index (χ3v) is 4.86. The number of para-hydroxylation sites is 1. The van der Waals surface area contributed by atoms with Gasteiger partial charge < -0.3 is 15.5 Å². The summed E-state index contributed by atoms with van der Waals surface area (Å²) in [5.41, 5.74) is 12.0. The monoisotopic (exact) mass is 440 g/mol. The Kier molecular flexibility index (Phi) is 6.97. The molecular formula is C25H24N6O2. The summed E-state index contributed by atoms with van der Waals surface area (Å²) in [6, 6.07) is 29.1. The number of rotatable bonds is 8. The van der Waals surface area contributed by atoms with Gasteiger partial charge in [-0.15, -0.1) is 0 Å². The number of benzene rings is 3. The Morgan fingerprint density at radius 1 is 0.818 bits per heavy atom. The molecule has 0 bridgehead atoms. The molecule has 0 spiro atoms. The van der Waals surface area contributed by atoms with Gasteiger partial charge in [-0.2, -0.15) is 5.48 Å². The van der Waals surface area contributed by atoms with Crippen molar-refractivity contribution < 1.29 is 9.63 Å². The maximum Gasteiger partial charge on any atom is 0.435 e. The van der Waals surface area contributed by atoms with Crippen LogP contribution in [0, 0.1) is 0 Å². The summed E-state index contributed by atoms with van der Waals surface area (Å²) in [6.07, 6.45) is 0.696. The first kappa shape index (κ1) is 21.6. The van der Waals surface area contributed by atoms with Gasteiger partial charge in [0, 0.05) is 18.8 Å². The van der Waals surface area contributed by atoms with Gasteiger partial charge in [0.1, 0.15) is 12.0 Å². The lowest BCUT2D eigenvalue weighted by molar-refractivity contribution is 0.185. The van der Waals surface area contributed by atoms with E-state index in [4.69, 9.17) is 10.6 Å². The molecule has 3 aromatic carbocycles. The lowest BCUT2D eigenvalue weighted by Crippen LogP contribution is -2.25. The lowest BCUT2D eigenvalue weighted by atomic mass is 10.1. The Morgan fingerprint density at radius 3 is 1.94 bits per heavy atom. The summed E-state index contributed by atoms with van der Waals surface area (Å²) in [4.78, 5) is 27.8. The number of nitrogen functional groups attached to an aromatic ring is 1. The van der Waals surface area contributed by atoms with Gasteiger partial charge >= 0.3 is 6.09 Å². The number of aromatic nitrogens is 2. The SMILES string of the molecule is Nc1c(NOC(=O)Nc2ccccc2)ncnc1N(Cc1ccccc1)Cc1ccccc1. The summed E-state index contributed by atoms with van der Waals surface area (Å²) < 4.78 is 0. The molecule has 0 unspecified atom stereocenters. The minimum atomic E-state index is -0.689. The Hall–Kier alpha value is -4.59. The van der Waals surface area contributed by atoms with E-state index < -0.39 is 6.09 Å². The van der Waals surface area contributed by atoms with Crippen molar-refractivity contribution >= 4 is 29.1 Å². The summed E-state index contributed by atoms with van der Waals surface area (Å²) in [5.74, 6) is 0.738. The van der Waals surface area contributed by atoms with Crippen molar-refractivity contribution in [2.75, 3.05) is 21.4 Å². The third-order valence-electron chi connectivity index (χ3n) is 4.86. The van der Waals surface area contributed by atoms with Crippen molar-refractivity contribution in [2.45, 2.75) is 13.1 Å². The Labute approximate surface area is 192 Å². The molecule has 1 heterocycles. The number of carbonyl (C=O) groups is 1. The van der Waals surface area contributed by atoms with Gasteiger partial charge in [-0.1, -0.05) is 78.9 Å². The van der Waals surface area contributed by atoms with E-state index in [-0.39, 0.29) is 11.5 Å². The highest BCUT2D eigenvalue weighted by Crippen LogP contribution is 2.29. The first-order chi connectivity index (χ1) is 16.2. The van der Waals surface area contributed by atoms with Crippen LogP contribution in [0.2, 0.25) is 0 Å². The van der Waals surface area contributed by atoms with Crippen LogP contribution in [0.15, 0.2) is 97.3 Å². The molecule has 1 aromatic heterocycles. The van der Waals surface area contributed by atoms with Crippen molar-refractivity contribution in [3.8, 4) is 0 Å². The molecule has 0 saturated heterocycles. The quantitative estimate of drug-likeness (QED) is 0.337. The number of anilines is 4. The van der Waals surface area contributed by atoms with Crippen LogP contribution in [0.25, 0.3) is 0 Å². The summed E-state index contributed by atoms with van der Waals surface area (Å²) in [7, 11) is 0. The second kappa shape index (κ2) is 10.6. The van der Waals surface area contributed by atoms with Gasteiger partial charge in [0.2, 0.25) is 0 Å². The second-order valence-corrected chi connectivity index (χ2v) is 7.27. The van der Waals surface area contributed by atoms with Gasteiger partial charge in [0.15, 0.2) is 11.6 Å². The van der Waals surface area contributed by atoms with Crippen LogP contribution < -0.4 is 21.4 Å². The van der Waals surface area contributed by atoms with Crippen LogP contribution in [-0.4, -0.2) is 16.1 Å². The van der Waals surface area contributed by atoms with Gasteiger partial charge in [0.05, 0.1) is 0 Å². The smallest absolute Gasteiger partial charge is 0.393 e. The largest absolute Gasteiger partial charge is 0.435 e. The topological polar surface area (TPSA) is 105 Å². The third kappa shape index (κ3) is 5.98. The number of nitrogens with one attached hydrogen (secondary N) is 2. The highest BCUT2D eigenvalue weighted by Gasteiger charge is 2.17. The molecule has 0 aliphatic heterocycles. The van der Waals surface area contributed by atoms with Gasteiger partial charge in [-0.25, -0.2) is 14.8 Å². The van der Waals surface area contributed by atoms with E-state index in [1.807, 2.05) is 78.9 Å². The zero-order valence-electron chi connectivity index (χ0n) is 17.9. The molecule has 0 saturated carbocycles. The highest BCUT2D eigenvalue weighted by atomic mass is 16.7. The van der Waals surface area contributed by atoms with Crippen LogP contribution in [-0.2, 0) is 17.9 Å². The van der Waals surface area contributed by atoms with Crippen LogP contribution in [0.1, 0.15) is 11.1 Å². The predicted molar refractivity (Wildman–Crippen MR) is 129 cm³/mol. The fourth-order valence-corrected chi connectivity index (χ4v) is 3.29. The number of amides is 1. The molecule has 0 fully saturated rings. The van der Waals surface area contributed by atoms with E-state index in [1.165, 1.54) is 6.33 Å². The highest BCUT2D eigenvalue weighted by molar-refractivity contribution is 5.85. The number of nitrogens with two attached hydrogens (primary N) is 1. The Morgan fingerprint density at radius 2 is 1.36 bits per heavy atom. The van der Waals surface area contributed by atoms with Crippen molar-refractivity contribution in [1.82, 2.24) is 9.97 Å². The molecule has 0 aliphatic carbocycles. The first-order valence-corrected chi connectivity index (χ1v) is 10.4. The number of hydrogen-bond acceptors (Lipinski definition) is 7. The molecule has 166 valence electrons. The Bertz CT molecular complexity index is 1130. The normalized spacial score (nSPS) is 10.3. The molecule has 8 nitrogen and oxygen atoms in total. The molecule has 4 rings (SSSR count). The Balaban J connectivity index is 1.52. The second-order valence-electron chi connectivity index (χ2n) is 7.27. The zero-order chi connectivity index (χ0) is 22.9. The minimum absolute atomic E-state index is 0.203. The van der Waals surface area contributed by atoms with Crippen molar-refractivity contribution in [2.24, 2.45) is 0 Å². The van der Waals surface area contributed by atoms with E-state index in [0.29, 0.717) is 24.6 Å². The predicted octanol–water partition coefficient (Wildman–Crippen LogP) is 4.84. The summed E-state index contributed by atoms with van der Waals surface area (Å²) in [5, 5.41) is 2.62. The van der Waals surface area contributed by atoms with Gasteiger partial charge in [0.25, 0.3) is 0 Å². The molecule has 0 aliphatic rings.